The minimum absolute atomic E-state index is 0.0784. The number of carbonyl (C=O) groups excluding carboxylic acids is 1. The molecular weight excluding hydrogens is 290 g/mol. The second kappa shape index (κ2) is 6.07. The number of nitrogens with zero attached hydrogens (tertiary/aromatic N) is 2. The number of amides is 1. The third-order valence-corrected chi connectivity index (χ3v) is 4.30. The van der Waals surface area contributed by atoms with E-state index in [0.717, 1.165) is 41.2 Å². The molecule has 1 aromatic carbocycles. The maximum absolute atomic E-state index is 12.7. The Hall–Kier alpha value is -2.30. The van der Waals surface area contributed by atoms with Crippen molar-refractivity contribution in [2.75, 3.05) is 6.61 Å². The second-order valence-electron chi connectivity index (χ2n) is 6.15. The molecule has 1 atom stereocenters. The van der Waals surface area contributed by atoms with Gasteiger partial charge in [-0.05, 0) is 33.3 Å². The van der Waals surface area contributed by atoms with Crippen LogP contribution in [0.3, 0.4) is 0 Å². The summed E-state index contributed by atoms with van der Waals surface area (Å²) in [6, 6.07) is 5.96. The molecule has 2 heterocycles. The van der Waals surface area contributed by atoms with E-state index in [1.165, 1.54) is 0 Å². The number of rotatable bonds is 4. The number of aryl methyl sites for hydroxylation is 3. The molecule has 1 aliphatic rings. The largest absolute Gasteiger partial charge is 0.491 e. The van der Waals surface area contributed by atoms with E-state index < -0.39 is 0 Å². The molecule has 1 N–H and O–H groups in total. The molecule has 0 bridgehead atoms. The molecule has 0 radical (unpaired) electrons. The number of carbonyl (C=O) groups is 1. The highest BCUT2D eigenvalue weighted by Gasteiger charge is 2.28. The van der Waals surface area contributed by atoms with Gasteiger partial charge >= 0.3 is 0 Å². The molecule has 122 valence electrons. The molecule has 0 saturated heterocycles. The molecule has 5 heteroatoms. The monoisotopic (exact) mass is 313 g/mol. The predicted octanol–water partition coefficient (Wildman–Crippen LogP) is 3.08. The smallest absolute Gasteiger partial charge is 0.255 e. The normalized spacial score (nSPS) is 16.1. The molecule has 0 spiro atoms. The lowest BCUT2D eigenvalue weighted by Gasteiger charge is -2.12. The van der Waals surface area contributed by atoms with Crippen LogP contribution in [-0.2, 0) is 6.54 Å². The average Bonchev–Trinajstić information content (AvgIpc) is 3.01. The van der Waals surface area contributed by atoms with Crippen molar-refractivity contribution in [1.82, 2.24) is 15.1 Å². The molecule has 5 nitrogen and oxygen atoms in total. The van der Waals surface area contributed by atoms with Crippen LogP contribution in [0.25, 0.3) is 0 Å². The van der Waals surface area contributed by atoms with Gasteiger partial charge in [-0.3, -0.25) is 9.48 Å². The van der Waals surface area contributed by atoms with Crippen molar-refractivity contribution in [2.24, 2.45) is 0 Å². The molecule has 0 saturated carbocycles. The number of hydrogen-bond donors (Lipinski definition) is 1. The lowest BCUT2D eigenvalue weighted by molar-refractivity contribution is 0.0929. The van der Waals surface area contributed by atoms with Crippen molar-refractivity contribution in [3.05, 3.63) is 46.3 Å². The zero-order chi connectivity index (χ0) is 16.6. The molecular formula is C18H23N3O2. The lowest BCUT2D eigenvalue weighted by Crippen LogP contribution is -2.30. The molecule has 0 aliphatic carbocycles. The summed E-state index contributed by atoms with van der Waals surface area (Å²) in [5, 5.41) is 7.58. The summed E-state index contributed by atoms with van der Waals surface area (Å²) in [5.74, 6) is 0.779. The average molecular weight is 313 g/mol. The maximum atomic E-state index is 12.7. The quantitative estimate of drug-likeness (QED) is 0.943. The van der Waals surface area contributed by atoms with Gasteiger partial charge in [-0.15, -0.1) is 0 Å². The number of benzene rings is 1. The maximum Gasteiger partial charge on any atom is 0.255 e. The van der Waals surface area contributed by atoms with Gasteiger partial charge < -0.3 is 10.1 Å². The Balaban J connectivity index is 1.83. The van der Waals surface area contributed by atoms with Gasteiger partial charge in [0.1, 0.15) is 12.4 Å². The zero-order valence-electron chi connectivity index (χ0n) is 14.1. The van der Waals surface area contributed by atoms with E-state index in [1.807, 2.05) is 37.6 Å². The van der Waals surface area contributed by atoms with E-state index in [4.69, 9.17) is 4.74 Å². The van der Waals surface area contributed by atoms with Crippen LogP contribution in [0.1, 0.15) is 52.3 Å². The van der Waals surface area contributed by atoms with E-state index in [-0.39, 0.29) is 11.9 Å². The number of fused-ring (bicyclic) bond motifs is 1. The molecule has 1 amide bonds. The van der Waals surface area contributed by atoms with Crippen molar-refractivity contribution in [2.45, 2.75) is 46.7 Å². The second-order valence-corrected chi connectivity index (χ2v) is 6.15. The summed E-state index contributed by atoms with van der Waals surface area (Å²) in [6.07, 6.45) is 0.992. The van der Waals surface area contributed by atoms with Crippen molar-refractivity contribution in [3.8, 4) is 5.75 Å². The standard InChI is InChI=1S/C18H23N3O2/c1-5-8-21-13(4)17(12(3)20-21)18(22)19-15-10-23-16-7-6-11(2)9-14(15)16/h6-7,9,15H,5,8,10H2,1-4H3,(H,19,22). The van der Waals surface area contributed by atoms with Gasteiger partial charge in [0.15, 0.2) is 0 Å². The lowest BCUT2D eigenvalue weighted by atomic mass is 10.0. The molecule has 1 unspecified atom stereocenters. The van der Waals surface area contributed by atoms with Crippen LogP contribution < -0.4 is 10.1 Å². The summed E-state index contributed by atoms with van der Waals surface area (Å²) in [6.45, 7) is 9.29. The molecule has 23 heavy (non-hydrogen) atoms. The summed E-state index contributed by atoms with van der Waals surface area (Å²) in [5.41, 5.74) is 4.59. The van der Waals surface area contributed by atoms with E-state index in [2.05, 4.69) is 23.4 Å². The van der Waals surface area contributed by atoms with Gasteiger partial charge in [-0.1, -0.05) is 24.6 Å². The van der Waals surface area contributed by atoms with E-state index in [9.17, 15) is 4.79 Å². The number of aromatic nitrogens is 2. The minimum Gasteiger partial charge on any atom is -0.491 e. The summed E-state index contributed by atoms with van der Waals surface area (Å²) in [4.78, 5) is 12.7. The fraction of sp³-hybridized carbons (Fsp3) is 0.444. The summed E-state index contributed by atoms with van der Waals surface area (Å²) >= 11 is 0. The Morgan fingerprint density at radius 2 is 2.17 bits per heavy atom. The highest BCUT2D eigenvalue weighted by Crippen LogP contribution is 2.33. The van der Waals surface area contributed by atoms with Gasteiger partial charge in [0.25, 0.3) is 5.91 Å². The minimum atomic E-state index is -0.106. The summed E-state index contributed by atoms with van der Waals surface area (Å²) < 4.78 is 7.58. The molecule has 2 aromatic rings. The SMILES string of the molecule is CCCn1nc(C)c(C(=O)NC2COc3ccc(C)cc32)c1C. The van der Waals surface area contributed by atoms with E-state index >= 15 is 0 Å². The van der Waals surface area contributed by atoms with Crippen molar-refractivity contribution >= 4 is 5.91 Å². The molecule has 3 rings (SSSR count). The van der Waals surface area contributed by atoms with Gasteiger partial charge in [0.2, 0.25) is 0 Å². The zero-order valence-corrected chi connectivity index (χ0v) is 14.1. The van der Waals surface area contributed by atoms with Gasteiger partial charge in [-0.25, -0.2) is 0 Å². The van der Waals surface area contributed by atoms with Crippen molar-refractivity contribution in [3.63, 3.8) is 0 Å². The van der Waals surface area contributed by atoms with Gasteiger partial charge in [0.05, 0.1) is 17.3 Å². The number of ether oxygens (including phenoxy) is 1. The Morgan fingerprint density at radius 1 is 1.39 bits per heavy atom. The van der Waals surface area contributed by atoms with E-state index in [1.54, 1.807) is 0 Å². The summed E-state index contributed by atoms with van der Waals surface area (Å²) in [7, 11) is 0. The fourth-order valence-corrected chi connectivity index (χ4v) is 3.14. The fourth-order valence-electron chi connectivity index (χ4n) is 3.14. The van der Waals surface area contributed by atoms with Crippen LogP contribution in [0, 0.1) is 20.8 Å². The first-order valence-corrected chi connectivity index (χ1v) is 8.09. The van der Waals surface area contributed by atoms with Crippen LogP contribution in [0.5, 0.6) is 5.75 Å². The van der Waals surface area contributed by atoms with Crippen LogP contribution in [0.15, 0.2) is 18.2 Å². The Labute approximate surface area is 136 Å². The molecule has 1 aliphatic heterocycles. The first-order chi connectivity index (χ1) is 11.0. The van der Waals surface area contributed by atoms with Gasteiger partial charge in [-0.2, -0.15) is 5.10 Å². The third-order valence-electron chi connectivity index (χ3n) is 4.30. The molecule has 0 fully saturated rings. The van der Waals surface area contributed by atoms with Crippen LogP contribution in [-0.4, -0.2) is 22.3 Å². The Morgan fingerprint density at radius 3 is 2.91 bits per heavy atom. The topological polar surface area (TPSA) is 56.2 Å². The van der Waals surface area contributed by atoms with Crippen LogP contribution in [0.2, 0.25) is 0 Å². The highest BCUT2D eigenvalue weighted by molar-refractivity contribution is 5.96. The predicted molar refractivity (Wildman–Crippen MR) is 88.9 cm³/mol. The Bertz CT molecular complexity index is 749. The first kappa shape index (κ1) is 15.6. The molecule has 1 aromatic heterocycles. The van der Waals surface area contributed by atoms with E-state index in [0.29, 0.717) is 12.2 Å². The van der Waals surface area contributed by atoms with Gasteiger partial charge in [0, 0.05) is 17.8 Å². The van der Waals surface area contributed by atoms with Crippen molar-refractivity contribution in [1.29, 1.82) is 0 Å². The van der Waals surface area contributed by atoms with Crippen LogP contribution in [0.4, 0.5) is 0 Å². The van der Waals surface area contributed by atoms with Crippen molar-refractivity contribution < 1.29 is 9.53 Å². The highest BCUT2D eigenvalue weighted by atomic mass is 16.5. The first-order valence-electron chi connectivity index (χ1n) is 8.09. The Kier molecular flexibility index (Phi) is 4.11. The van der Waals surface area contributed by atoms with Crippen LogP contribution >= 0.6 is 0 Å². The number of hydrogen-bond acceptors (Lipinski definition) is 3. The number of nitrogens with one attached hydrogen (secondary N) is 1. The third kappa shape index (κ3) is 2.83.